The van der Waals surface area contributed by atoms with E-state index in [1.807, 2.05) is 26.0 Å². The van der Waals surface area contributed by atoms with Crippen LogP contribution in [0, 0.1) is 13.8 Å². The van der Waals surface area contributed by atoms with E-state index in [-0.39, 0.29) is 11.5 Å². The molecule has 0 atom stereocenters. The Morgan fingerprint density at radius 2 is 1.70 bits per heavy atom. The fourth-order valence-corrected chi connectivity index (χ4v) is 3.46. The van der Waals surface area contributed by atoms with E-state index in [1.54, 1.807) is 0 Å². The molecule has 1 rings (SSSR count). The highest BCUT2D eigenvalue weighted by molar-refractivity contribution is 9.10. The molecule has 0 saturated heterocycles. The summed E-state index contributed by atoms with van der Waals surface area (Å²) in [4.78, 5) is 0. The smallest absolute Gasteiger partial charge is 0.150 e. The summed E-state index contributed by atoms with van der Waals surface area (Å²) in [5.41, 5.74) is 2.21. The molecule has 20 heavy (non-hydrogen) atoms. The van der Waals surface area contributed by atoms with Crippen LogP contribution in [0.1, 0.15) is 24.0 Å². The lowest BCUT2D eigenvalue weighted by atomic mass is 10.0. The standard InChI is InChI=1S/C14H20BBrO3S/c1-11-9-13(10-12(2)14(11)16)19-6-4-8-20(17,18)7-3-5-15/h9-10H,3-8H2,1-2H3. The third-order valence-electron chi connectivity index (χ3n) is 2.94. The largest absolute Gasteiger partial charge is 0.494 e. The van der Waals surface area contributed by atoms with Crippen LogP contribution in [0.15, 0.2) is 16.6 Å². The highest BCUT2D eigenvalue weighted by Crippen LogP contribution is 2.26. The highest BCUT2D eigenvalue weighted by atomic mass is 79.9. The maximum absolute atomic E-state index is 11.6. The molecular formula is C14H20BBrO3S. The van der Waals surface area contributed by atoms with E-state index in [4.69, 9.17) is 12.6 Å². The van der Waals surface area contributed by atoms with Crippen LogP contribution in [-0.2, 0) is 9.84 Å². The predicted molar refractivity (Wildman–Crippen MR) is 87.6 cm³/mol. The Kier molecular flexibility index (Phi) is 7.10. The van der Waals surface area contributed by atoms with Gasteiger partial charge in [-0.25, -0.2) is 8.42 Å². The van der Waals surface area contributed by atoms with Crippen molar-refractivity contribution in [2.24, 2.45) is 0 Å². The zero-order valence-corrected chi connectivity index (χ0v) is 14.4. The number of aryl methyl sites for hydroxylation is 2. The third kappa shape index (κ3) is 5.88. The molecule has 2 radical (unpaired) electrons. The SMILES string of the molecule is [B]CCCS(=O)(=O)CCCOc1cc(C)c(Br)c(C)c1. The number of hydrogen-bond acceptors (Lipinski definition) is 3. The van der Waals surface area contributed by atoms with Gasteiger partial charge in [0.2, 0.25) is 0 Å². The Hall–Kier alpha value is -0.485. The monoisotopic (exact) mass is 358 g/mol. The average molecular weight is 359 g/mol. The quantitative estimate of drug-likeness (QED) is 0.529. The Bertz CT molecular complexity index is 520. The second kappa shape index (κ2) is 8.08. The lowest BCUT2D eigenvalue weighted by molar-refractivity contribution is 0.317. The van der Waals surface area contributed by atoms with Crippen molar-refractivity contribution in [1.29, 1.82) is 0 Å². The van der Waals surface area contributed by atoms with E-state index in [2.05, 4.69) is 15.9 Å². The first-order chi connectivity index (χ1) is 9.35. The molecule has 0 aromatic heterocycles. The molecule has 0 aliphatic heterocycles. The van der Waals surface area contributed by atoms with E-state index < -0.39 is 9.84 Å². The molecule has 0 N–H and O–H groups in total. The molecular weight excluding hydrogens is 339 g/mol. The molecule has 0 heterocycles. The second-order valence-corrected chi connectivity index (χ2v) is 7.96. The van der Waals surface area contributed by atoms with Crippen LogP contribution in [0.4, 0.5) is 0 Å². The first-order valence-electron chi connectivity index (χ1n) is 6.66. The molecule has 0 aliphatic carbocycles. The average Bonchev–Trinajstić information content (AvgIpc) is 2.38. The van der Waals surface area contributed by atoms with Crippen molar-refractivity contribution in [2.45, 2.75) is 33.0 Å². The van der Waals surface area contributed by atoms with Gasteiger partial charge in [0.05, 0.1) is 20.2 Å². The van der Waals surface area contributed by atoms with Gasteiger partial charge in [-0.3, -0.25) is 0 Å². The van der Waals surface area contributed by atoms with E-state index in [1.165, 1.54) is 0 Å². The van der Waals surface area contributed by atoms with Crippen molar-refractivity contribution in [2.75, 3.05) is 18.1 Å². The summed E-state index contributed by atoms with van der Waals surface area (Å²) in [5, 5.41) is 0. The molecule has 0 fully saturated rings. The van der Waals surface area contributed by atoms with Gasteiger partial charge in [-0.15, -0.1) is 0 Å². The van der Waals surface area contributed by atoms with Gasteiger partial charge < -0.3 is 4.74 Å². The lowest BCUT2D eigenvalue weighted by Crippen LogP contribution is -2.13. The van der Waals surface area contributed by atoms with Crippen LogP contribution in [0.25, 0.3) is 0 Å². The molecule has 0 amide bonds. The molecule has 1 aromatic rings. The molecule has 0 saturated carbocycles. The van der Waals surface area contributed by atoms with Gasteiger partial charge in [0, 0.05) is 10.2 Å². The summed E-state index contributed by atoms with van der Waals surface area (Å²) in [6.07, 6.45) is 1.43. The maximum Gasteiger partial charge on any atom is 0.150 e. The van der Waals surface area contributed by atoms with Gasteiger partial charge in [-0.05, 0) is 49.9 Å². The van der Waals surface area contributed by atoms with Crippen LogP contribution in [0.5, 0.6) is 5.75 Å². The van der Waals surface area contributed by atoms with Crippen molar-refractivity contribution in [3.63, 3.8) is 0 Å². The minimum Gasteiger partial charge on any atom is -0.494 e. The summed E-state index contributed by atoms with van der Waals surface area (Å²) < 4.78 is 30.0. The fourth-order valence-electron chi connectivity index (χ4n) is 1.86. The Labute approximate surface area is 131 Å². The van der Waals surface area contributed by atoms with Gasteiger partial charge in [-0.2, -0.15) is 0 Å². The van der Waals surface area contributed by atoms with Gasteiger partial charge >= 0.3 is 0 Å². The molecule has 3 nitrogen and oxygen atoms in total. The van der Waals surface area contributed by atoms with Gasteiger partial charge in [0.1, 0.15) is 15.6 Å². The van der Waals surface area contributed by atoms with Gasteiger partial charge in [-0.1, -0.05) is 22.3 Å². The molecule has 0 aliphatic rings. The second-order valence-electron chi connectivity index (χ2n) is 4.87. The molecule has 0 unspecified atom stereocenters. The number of sulfone groups is 1. The predicted octanol–water partition coefficient (Wildman–Crippen LogP) is 3.23. The molecule has 1 aromatic carbocycles. The minimum absolute atomic E-state index is 0.154. The van der Waals surface area contributed by atoms with Crippen LogP contribution < -0.4 is 4.74 Å². The summed E-state index contributed by atoms with van der Waals surface area (Å²) in [6, 6.07) is 3.89. The van der Waals surface area contributed by atoms with E-state index >= 15 is 0 Å². The number of halogens is 1. The molecule has 0 spiro atoms. The van der Waals surface area contributed by atoms with Crippen LogP contribution in [0.2, 0.25) is 6.32 Å². The van der Waals surface area contributed by atoms with E-state index in [9.17, 15) is 8.42 Å². The lowest BCUT2D eigenvalue weighted by Gasteiger charge is -2.10. The normalized spacial score (nSPS) is 11.6. The first-order valence-corrected chi connectivity index (χ1v) is 9.27. The van der Waals surface area contributed by atoms with Crippen LogP contribution in [-0.4, -0.2) is 34.4 Å². The minimum atomic E-state index is -2.99. The Morgan fingerprint density at radius 1 is 1.15 bits per heavy atom. The number of hydrogen-bond donors (Lipinski definition) is 0. The summed E-state index contributed by atoms with van der Waals surface area (Å²) >= 11 is 3.50. The first kappa shape index (κ1) is 17.6. The van der Waals surface area contributed by atoms with Crippen molar-refractivity contribution < 1.29 is 13.2 Å². The zero-order chi connectivity index (χ0) is 15.2. The molecule has 110 valence electrons. The third-order valence-corrected chi connectivity index (χ3v) is 6.01. The highest BCUT2D eigenvalue weighted by Gasteiger charge is 2.10. The van der Waals surface area contributed by atoms with Crippen molar-refractivity contribution in [3.8, 4) is 5.75 Å². The maximum atomic E-state index is 11.6. The van der Waals surface area contributed by atoms with Crippen LogP contribution >= 0.6 is 15.9 Å². The summed E-state index contributed by atoms with van der Waals surface area (Å²) in [7, 11) is 2.33. The van der Waals surface area contributed by atoms with Crippen molar-refractivity contribution in [3.05, 3.63) is 27.7 Å². The summed E-state index contributed by atoms with van der Waals surface area (Å²) in [6.45, 7) is 4.41. The fraction of sp³-hybridized carbons (Fsp3) is 0.571. The van der Waals surface area contributed by atoms with Gasteiger partial charge in [0.15, 0.2) is 0 Å². The Balaban J connectivity index is 2.42. The summed E-state index contributed by atoms with van der Waals surface area (Å²) in [5.74, 6) is 1.10. The van der Waals surface area contributed by atoms with Gasteiger partial charge in [0.25, 0.3) is 0 Å². The molecule has 0 bridgehead atoms. The van der Waals surface area contributed by atoms with E-state index in [0.717, 1.165) is 21.3 Å². The Morgan fingerprint density at radius 3 is 2.25 bits per heavy atom. The zero-order valence-electron chi connectivity index (χ0n) is 12.0. The van der Waals surface area contributed by atoms with Crippen molar-refractivity contribution in [1.82, 2.24) is 0 Å². The van der Waals surface area contributed by atoms with E-state index in [0.29, 0.717) is 25.8 Å². The number of benzene rings is 1. The van der Waals surface area contributed by atoms with Crippen LogP contribution in [0.3, 0.4) is 0 Å². The number of ether oxygens (including phenoxy) is 1. The van der Waals surface area contributed by atoms with Crippen molar-refractivity contribution >= 4 is 33.6 Å². The topological polar surface area (TPSA) is 43.4 Å². The number of rotatable bonds is 8. The molecule has 6 heteroatoms.